The second kappa shape index (κ2) is 8.86. The minimum atomic E-state index is -0.186. The highest BCUT2D eigenvalue weighted by Crippen LogP contribution is 2.16. The van der Waals surface area contributed by atoms with Crippen molar-refractivity contribution in [3.63, 3.8) is 0 Å². The molecule has 0 aliphatic rings. The van der Waals surface area contributed by atoms with Gasteiger partial charge in [0, 0.05) is 23.8 Å². The van der Waals surface area contributed by atoms with E-state index in [4.69, 9.17) is 15.1 Å². The van der Waals surface area contributed by atoms with Gasteiger partial charge in [-0.3, -0.25) is 4.79 Å². The second-order valence-electron chi connectivity index (χ2n) is 6.00. The van der Waals surface area contributed by atoms with Crippen LogP contribution in [-0.4, -0.2) is 23.7 Å². The van der Waals surface area contributed by atoms with Gasteiger partial charge in [0.15, 0.2) is 0 Å². The summed E-state index contributed by atoms with van der Waals surface area (Å²) in [5, 5.41) is 21.1. The smallest absolute Gasteiger partial charge is 0.251 e. The van der Waals surface area contributed by atoms with Crippen LogP contribution >= 0.6 is 0 Å². The minimum Gasteiger partial charge on any atom is -0.489 e. The molecule has 0 saturated carbocycles. The minimum absolute atomic E-state index is 0.00763. The van der Waals surface area contributed by atoms with E-state index in [1.807, 2.05) is 32.0 Å². The van der Waals surface area contributed by atoms with Crippen molar-refractivity contribution in [3.8, 4) is 11.8 Å². The summed E-state index contributed by atoms with van der Waals surface area (Å²) < 4.78 is 5.69. The van der Waals surface area contributed by atoms with Crippen LogP contribution in [0.5, 0.6) is 5.75 Å². The zero-order valence-electron chi connectivity index (χ0n) is 14.4. The van der Waals surface area contributed by atoms with Crippen LogP contribution in [0.3, 0.4) is 0 Å². The lowest BCUT2D eigenvalue weighted by Crippen LogP contribution is -2.38. The fourth-order valence-electron chi connectivity index (χ4n) is 2.21. The van der Waals surface area contributed by atoms with E-state index >= 15 is 0 Å². The first-order valence-corrected chi connectivity index (χ1v) is 8.17. The van der Waals surface area contributed by atoms with Crippen molar-refractivity contribution < 1.29 is 14.6 Å². The maximum absolute atomic E-state index is 12.2. The van der Waals surface area contributed by atoms with Crippen molar-refractivity contribution in [1.29, 1.82) is 5.26 Å². The number of carbonyl (C=O) groups is 1. The van der Waals surface area contributed by atoms with Gasteiger partial charge >= 0.3 is 0 Å². The molecule has 1 amide bonds. The van der Waals surface area contributed by atoms with Gasteiger partial charge in [-0.15, -0.1) is 0 Å². The molecule has 2 aromatic rings. The summed E-state index contributed by atoms with van der Waals surface area (Å²) in [6.07, 6.45) is 0. The molecule has 0 bridgehead atoms. The quantitative estimate of drug-likeness (QED) is 0.813. The number of rotatable bonds is 7. The summed E-state index contributed by atoms with van der Waals surface area (Å²) in [5.74, 6) is 0.432. The van der Waals surface area contributed by atoms with Crippen LogP contribution in [-0.2, 0) is 6.61 Å². The number of amides is 1. The number of ether oxygens (including phenoxy) is 1. The lowest BCUT2D eigenvalue weighted by Gasteiger charge is -2.19. The van der Waals surface area contributed by atoms with E-state index in [-0.39, 0.29) is 24.5 Å². The van der Waals surface area contributed by atoms with E-state index < -0.39 is 0 Å². The van der Waals surface area contributed by atoms with Gasteiger partial charge in [-0.1, -0.05) is 25.1 Å². The summed E-state index contributed by atoms with van der Waals surface area (Å²) in [4.78, 5) is 12.2. The Morgan fingerprint density at radius 1 is 1.20 bits per heavy atom. The first-order valence-electron chi connectivity index (χ1n) is 8.17. The van der Waals surface area contributed by atoms with Gasteiger partial charge < -0.3 is 15.2 Å². The molecule has 0 aliphatic heterocycles. The zero-order chi connectivity index (χ0) is 18.2. The van der Waals surface area contributed by atoms with Crippen LogP contribution in [0.4, 0.5) is 0 Å². The highest BCUT2D eigenvalue weighted by atomic mass is 16.5. The largest absolute Gasteiger partial charge is 0.489 e. The van der Waals surface area contributed by atoms with Crippen LogP contribution in [0.1, 0.15) is 35.3 Å². The zero-order valence-corrected chi connectivity index (χ0v) is 14.4. The van der Waals surface area contributed by atoms with Crippen molar-refractivity contribution in [3.05, 3.63) is 65.2 Å². The average molecular weight is 338 g/mol. The molecular formula is C20H22N2O3. The van der Waals surface area contributed by atoms with E-state index in [0.717, 1.165) is 5.56 Å². The third kappa shape index (κ3) is 5.07. The molecule has 2 atom stereocenters. The molecule has 5 nitrogen and oxygen atoms in total. The standard InChI is InChI=1S/C20H22N2O3/c1-14(12-23)15(2)22-20(24)16-7-9-19(10-8-16)25-13-18-6-4-3-5-17(18)11-21/h3-10,14-15,23H,12-13H2,1-2H3,(H,22,24). The lowest BCUT2D eigenvalue weighted by atomic mass is 10.0. The third-order valence-corrected chi connectivity index (χ3v) is 4.15. The normalized spacial score (nSPS) is 12.7. The van der Waals surface area contributed by atoms with Crippen LogP contribution in [0, 0.1) is 17.2 Å². The second-order valence-corrected chi connectivity index (χ2v) is 6.00. The number of benzene rings is 2. The Hall–Kier alpha value is -2.84. The molecule has 2 rings (SSSR count). The Morgan fingerprint density at radius 3 is 2.52 bits per heavy atom. The van der Waals surface area contributed by atoms with Crippen LogP contribution in [0.2, 0.25) is 0 Å². The molecule has 2 unspecified atom stereocenters. The van der Waals surface area contributed by atoms with Crippen molar-refractivity contribution in [1.82, 2.24) is 5.32 Å². The Kier molecular flexibility index (Phi) is 6.55. The monoisotopic (exact) mass is 338 g/mol. The van der Waals surface area contributed by atoms with Crippen LogP contribution in [0.15, 0.2) is 48.5 Å². The molecule has 5 heteroatoms. The predicted molar refractivity (Wildman–Crippen MR) is 95.1 cm³/mol. The summed E-state index contributed by atoms with van der Waals surface area (Å²) in [5.41, 5.74) is 1.94. The van der Waals surface area contributed by atoms with Crippen molar-refractivity contribution >= 4 is 5.91 Å². The topological polar surface area (TPSA) is 82.3 Å². The van der Waals surface area contributed by atoms with Crippen molar-refractivity contribution in [2.24, 2.45) is 5.92 Å². The number of aliphatic hydroxyl groups excluding tert-OH is 1. The Bertz CT molecular complexity index is 750. The van der Waals surface area contributed by atoms with Gasteiger partial charge in [0.05, 0.1) is 11.6 Å². The van der Waals surface area contributed by atoms with Gasteiger partial charge in [0.1, 0.15) is 12.4 Å². The van der Waals surface area contributed by atoms with Crippen LogP contribution in [0.25, 0.3) is 0 Å². The summed E-state index contributed by atoms with van der Waals surface area (Å²) in [6, 6.07) is 16.1. The first kappa shape index (κ1) is 18.5. The number of nitrogens with zero attached hydrogens (tertiary/aromatic N) is 1. The maximum Gasteiger partial charge on any atom is 0.251 e. The molecule has 2 N–H and O–H groups in total. The lowest BCUT2D eigenvalue weighted by molar-refractivity contribution is 0.0916. The van der Waals surface area contributed by atoms with Crippen LogP contribution < -0.4 is 10.1 Å². The molecule has 0 fully saturated rings. The number of carbonyl (C=O) groups excluding carboxylic acids is 1. The average Bonchev–Trinajstić information content (AvgIpc) is 2.66. The van der Waals surface area contributed by atoms with E-state index in [9.17, 15) is 4.79 Å². The van der Waals surface area contributed by atoms with Gasteiger partial charge in [0.25, 0.3) is 5.91 Å². The molecule has 0 radical (unpaired) electrons. The fourth-order valence-corrected chi connectivity index (χ4v) is 2.21. The molecule has 0 spiro atoms. The molecule has 0 heterocycles. The van der Waals surface area contributed by atoms with E-state index in [1.165, 1.54) is 0 Å². The number of nitriles is 1. The fraction of sp³-hybridized carbons (Fsp3) is 0.300. The van der Waals surface area contributed by atoms with E-state index in [1.54, 1.807) is 30.3 Å². The Morgan fingerprint density at radius 2 is 1.88 bits per heavy atom. The molecule has 25 heavy (non-hydrogen) atoms. The van der Waals surface area contributed by atoms with E-state index in [2.05, 4.69) is 11.4 Å². The van der Waals surface area contributed by atoms with Gasteiger partial charge in [-0.25, -0.2) is 0 Å². The SMILES string of the molecule is CC(CO)C(C)NC(=O)c1ccc(OCc2ccccc2C#N)cc1. The maximum atomic E-state index is 12.2. The summed E-state index contributed by atoms with van der Waals surface area (Å²) in [7, 11) is 0. The number of aliphatic hydroxyl groups is 1. The van der Waals surface area contributed by atoms with Crippen molar-refractivity contribution in [2.75, 3.05) is 6.61 Å². The molecular weight excluding hydrogens is 316 g/mol. The Labute approximate surface area is 147 Å². The predicted octanol–water partition coefficient (Wildman–Crippen LogP) is 2.88. The Balaban J connectivity index is 1.96. The van der Waals surface area contributed by atoms with Gasteiger partial charge in [-0.05, 0) is 43.2 Å². The highest BCUT2D eigenvalue weighted by molar-refractivity contribution is 5.94. The van der Waals surface area contributed by atoms with Gasteiger partial charge in [-0.2, -0.15) is 5.26 Å². The number of nitrogens with one attached hydrogen (secondary N) is 1. The van der Waals surface area contributed by atoms with Gasteiger partial charge in [0.2, 0.25) is 0 Å². The first-order chi connectivity index (χ1) is 12.0. The number of hydrogen-bond donors (Lipinski definition) is 2. The highest BCUT2D eigenvalue weighted by Gasteiger charge is 2.15. The molecule has 0 aromatic heterocycles. The van der Waals surface area contributed by atoms with E-state index in [0.29, 0.717) is 23.5 Å². The number of hydrogen-bond acceptors (Lipinski definition) is 4. The summed E-state index contributed by atoms with van der Waals surface area (Å²) >= 11 is 0. The molecule has 0 saturated heterocycles. The molecule has 0 aliphatic carbocycles. The third-order valence-electron chi connectivity index (χ3n) is 4.15. The summed E-state index contributed by atoms with van der Waals surface area (Å²) in [6.45, 7) is 4.06. The molecule has 130 valence electrons. The van der Waals surface area contributed by atoms with Crippen molar-refractivity contribution in [2.45, 2.75) is 26.5 Å². The molecule has 2 aromatic carbocycles.